The van der Waals surface area contributed by atoms with Crippen molar-refractivity contribution in [2.24, 2.45) is 0 Å². The van der Waals surface area contributed by atoms with E-state index in [9.17, 15) is 9.50 Å². The molecule has 2 nitrogen and oxygen atoms in total. The molecular weight excluding hydrogens is 207 g/mol. The minimum atomic E-state index is -0.816. The monoisotopic (exact) mass is 224 g/mol. The van der Waals surface area contributed by atoms with Crippen molar-refractivity contribution in [1.82, 2.24) is 0 Å². The normalized spacial score (nSPS) is 17.6. The third-order valence-corrected chi connectivity index (χ3v) is 3.15. The molecule has 0 bridgehead atoms. The van der Waals surface area contributed by atoms with Gasteiger partial charge in [-0.1, -0.05) is 13.8 Å². The molecule has 88 valence electrons. The lowest BCUT2D eigenvalue weighted by molar-refractivity contribution is 0.150. The molecule has 0 aliphatic heterocycles. The van der Waals surface area contributed by atoms with E-state index in [2.05, 4.69) is 0 Å². The third-order valence-electron chi connectivity index (χ3n) is 3.15. The van der Waals surface area contributed by atoms with Crippen LogP contribution in [0.15, 0.2) is 12.1 Å². The molecular formula is C13H17FO2. The summed E-state index contributed by atoms with van der Waals surface area (Å²) in [7, 11) is 1.53. The maximum absolute atomic E-state index is 13.9. The topological polar surface area (TPSA) is 29.5 Å². The molecule has 0 atom stereocenters. The molecule has 3 heteroatoms. The number of ether oxygens (including phenoxy) is 1. The fraction of sp³-hybridized carbons (Fsp3) is 0.538. The van der Waals surface area contributed by atoms with Crippen molar-refractivity contribution in [3.63, 3.8) is 0 Å². The summed E-state index contributed by atoms with van der Waals surface area (Å²) in [5.74, 6) is 0.313. The first kappa shape index (κ1) is 11.4. The molecule has 1 aliphatic carbocycles. The average molecular weight is 224 g/mol. The number of hydrogen-bond donors (Lipinski definition) is 1. The van der Waals surface area contributed by atoms with E-state index in [4.69, 9.17) is 4.74 Å². The summed E-state index contributed by atoms with van der Waals surface area (Å²) in [6.45, 7) is 3.85. The highest BCUT2D eigenvalue weighted by molar-refractivity contribution is 5.44. The molecule has 1 aromatic carbocycles. The summed E-state index contributed by atoms with van der Waals surface area (Å²) in [6, 6.07) is 3.19. The Bertz CT molecular complexity index is 409. The minimum Gasteiger partial charge on any atom is -0.496 e. The standard InChI is InChI=1S/C13H17FO2/c1-8(2)12-10(14)6-9(7-11(12)16-3)13(15)4-5-13/h6-8,15H,4-5H2,1-3H3. The molecule has 2 rings (SSSR count). The van der Waals surface area contributed by atoms with Gasteiger partial charge in [0, 0.05) is 5.56 Å². The highest BCUT2D eigenvalue weighted by Gasteiger charge is 2.43. The van der Waals surface area contributed by atoms with Crippen LogP contribution in [0.25, 0.3) is 0 Å². The van der Waals surface area contributed by atoms with Gasteiger partial charge in [0.25, 0.3) is 0 Å². The van der Waals surface area contributed by atoms with Crippen molar-refractivity contribution in [2.75, 3.05) is 7.11 Å². The molecule has 0 unspecified atom stereocenters. The first-order valence-electron chi connectivity index (χ1n) is 5.58. The van der Waals surface area contributed by atoms with Crippen molar-refractivity contribution in [3.8, 4) is 5.75 Å². The van der Waals surface area contributed by atoms with Crippen LogP contribution in [0.1, 0.15) is 43.7 Å². The number of methoxy groups -OCH3 is 1. The van der Waals surface area contributed by atoms with Gasteiger partial charge in [-0.25, -0.2) is 4.39 Å². The van der Waals surface area contributed by atoms with Crippen LogP contribution in [-0.4, -0.2) is 12.2 Å². The molecule has 1 aliphatic rings. The van der Waals surface area contributed by atoms with Crippen LogP contribution in [0.5, 0.6) is 5.75 Å². The Balaban J connectivity index is 2.50. The summed E-state index contributed by atoms with van der Waals surface area (Å²) in [5.41, 5.74) is 0.394. The summed E-state index contributed by atoms with van der Waals surface area (Å²) < 4.78 is 19.1. The van der Waals surface area contributed by atoms with Gasteiger partial charge in [-0.05, 0) is 36.5 Å². The summed E-state index contributed by atoms with van der Waals surface area (Å²) in [4.78, 5) is 0. The van der Waals surface area contributed by atoms with E-state index in [0.29, 0.717) is 29.7 Å². The Morgan fingerprint density at radius 1 is 1.38 bits per heavy atom. The zero-order valence-electron chi connectivity index (χ0n) is 9.88. The zero-order valence-corrected chi connectivity index (χ0v) is 9.88. The lowest BCUT2D eigenvalue weighted by Gasteiger charge is -2.16. The first-order valence-corrected chi connectivity index (χ1v) is 5.58. The van der Waals surface area contributed by atoms with Crippen molar-refractivity contribution in [3.05, 3.63) is 29.1 Å². The van der Waals surface area contributed by atoms with Crippen LogP contribution >= 0.6 is 0 Å². The predicted molar refractivity (Wildman–Crippen MR) is 60.2 cm³/mol. The number of halogens is 1. The van der Waals surface area contributed by atoms with Crippen LogP contribution in [-0.2, 0) is 5.60 Å². The van der Waals surface area contributed by atoms with Gasteiger partial charge in [-0.15, -0.1) is 0 Å². The van der Waals surface area contributed by atoms with Crippen LogP contribution in [0, 0.1) is 5.82 Å². The number of aliphatic hydroxyl groups is 1. The molecule has 1 N–H and O–H groups in total. The second-order valence-electron chi connectivity index (χ2n) is 4.76. The van der Waals surface area contributed by atoms with E-state index < -0.39 is 5.60 Å². The zero-order chi connectivity index (χ0) is 11.9. The van der Waals surface area contributed by atoms with E-state index in [0.717, 1.165) is 0 Å². The number of benzene rings is 1. The minimum absolute atomic E-state index is 0.0674. The van der Waals surface area contributed by atoms with Gasteiger partial charge in [0.2, 0.25) is 0 Å². The van der Waals surface area contributed by atoms with Gasteiger partial charge in [-0.3, -0.25) is 0 Å². The van der Waals surface area contributed by atoms with Gasteiger partial charge in [-0.2, -0.15) is 0 Å². The smallest absolute Gasteiger partial charge is 0.130 e. The Kier molecular flexibility index (Phi) is 2.66. The fourth-order valence-electron chi connectivity index (χ4n) is 2.00. The summed E-state index contributed by atoms with van der Waals surface area (Å²) >= 11 is 0. The number of hydrogen-bond acceptors (Lipinski definition) is 2. The molecule has 1 saturated carbocycles. The van der Waals surface area contributed by atoms with Gasteiger partial charge < -0.3 is 9.84 Å². The van der Waals surface area contributed by atoms with Gasteiger partial charge in [0.05, 0.1) is 12.7 Å². The molecule has 0 heterocycles. The fourth-order valence-corrected chi connectivity index (χ4v) is 2.00. The molecule has 0 aromatic heterocycles. The molecule has 0 radical (unpaired) electrons. The van der Waals surface area contributed by atoms with Crippen molar-refractivity contribution in [1.29, 1.82) is 0 Å². The lowest BCUT2D eigenvalue weighted by Crippen LogP contribution is -2.08. The highest BCUT2D eigenvalue weighted by Crippen LogP contribution is 2.47. The summed E-state index contributed by atoms with van der Waals surface area (Å²) in [5, 5.41) is 9.95. The maximum Gasteiger partial charge on any atom is 0.130 e. The molecule has 0 saturated heterocycles. The first-order chi connectivity index (χ1) is 7.48. The van der Waals surface area contributed by atoms with E-state index in [-0.39, 0.29) is 11.7 Å². The molecule has 0 amide bonds. The van der Waals surface area contributed by atoms with Crippen LogP contribution in [0.4, 0.5) is 4.39 Å². The van der Waals surface area contributed by atoms with Crippen LogP contribution in [0.2, 0.25) is 0 Å². The molecule has 16 heavy (non-hydrogen) atoms. The van der Waals surface area contributed by atoms with E-state index in [1.54, 1.807) is 6.07 Å². The molecule has 1 aromatic rings. The van der Waals surface area contributed by atoms with Crippen molar-refractivity contribution >= 4 is 0 Å². The van der Waals surface area contributed by atoms with E-state index in [1.807, 2.05) is 13.8 Å². The van der Waals surface area contributed by atoms with Crippen molar-refractivity contribution < 1.29 is 14.2 Å². The molecule has 0 spiro atoms. The Morgan fingerprint density at radius 3 is 2.44 bits per heavy atom. The van der Waals surface area contributed by atoms with E-state index >= 15 is 0 Å². The predicted octanol–water partition coefficient (Wildman–Crippen LogP) is 2.94. The lowest BCUT2D eigenvalue weighted by atomic mass is 9.97. The van der Waals surface area contributed by atoms with Gasteiger partial charge >= 0.3 is 0 Å². The van der Waals surface area contributed by atoms with Crippen molar-refractivity contribution in [2.45, 2.75) is 38.2 Å². The SMILES string of the molecule is COc1cc(C2(O)CC2)cc(F)c1C(C)C. The quantitative estimate of drug-likeness (QED) is 0.855. The second-order valence-corrected chi connectivity index (χ2v) is 4.76. The maximum atomic E-state index is 13.9. The van der Waals surface area contributed by atoms with Crippen LogP contribution in [0.3, 0.4) is 0 Å². The van der Waals surface area contributed by atoms with Crippen LogP contribution < -0.4 is 4.74 Å². The second kappa shape index (κ2) is 3.74. The van der Waals surface area contributed by atoms with E-state index in [1.165, 1.54) is 13.2 Å². The third kappa shape index (κ3) is 1.80. The largest absolute Gasteiger partial charge is 0.496 e. The Morgan fingerprint density at radius 2 is 2.00 bits per heavy atom. The molecule has 1 fully saturated rings. The summed E-state index contributed by atoms with van der Waals surface area (Å²) in [6.07, 6.45) is 1.41. The highest BCUT2D eigenvalue weighted by atomic mass is 19.1. The van der Waals surface area contributed by atoms with Gasteiger partial charge in [0.15, 0.2) is 0 Å². The van der Waals surface area contributed by atoms with Gasteiger partial charge in [0.1, 0.15) is 11.6 Å². The average Bonchev–Trinajstić information content (AvgIpc) is 2.96. The number of rotatable bonds is 3. The Labute approximate surface area is 95.1 Å². The Hall–Kier alpha value is -1.09.